The van der Waals surface area contributed by atoms with E-state index in [2.05, 4.69) is 15.6 Å². The minimum Gasteiger partial charge on any atom is -0.396 e. The highest BCUT2D eigenvalue weighted by molar-refractivity contribution is 5.06. The summed E-state index contributed by atoms with van der Waals surface area (Å²) in [4.78, 5) is 0. The molecule has 1 aromatic rings. The molecule has 1 aromatic heterocycles. The molecule has 3 fully saturated rings. The van der Waals surface area contributed by atoms with Gasteiger partial charge in [-0.1, -0.05) is 11.6 Å². The number of aromatic nitrogens is 3. The summed E-state index contributed by atoms with van der Waals surface area (Å²) in [5, 5.41) is 20.9. The van der Waals surface area contributed by atoms with Gasteiger partial charge in [-0.25, -0.2) is 0 Å². The van der Waals surface area contributed by atoms with Gasteiger partial charge in [0.25, 0.3) is 0 Å². The van der Waals surface area contributed by atoms with E-state index in [1.807, 2.05) is 10.9 Å². The first-order chi connectivity index (χ1) is 10.3. The maximum atomic E-state index is 8.84. The monoisotopic (exact) mass is 290 g/mol. The summed E-state index contributed by atoms with van der Waals surface area (Å²) in [6.45, 7) is 1.80. The van der Waals surface area contributed by atoms with Gasteiger partial charge in [0.1, 0.15) is 0 Å². The van der Waals surface area contributed by atoms with Gasteiger partial charge in [-0.05, 0) is 55.8 Å². The van der Waals surface area contributed by atoms with Crippen LogP contribution < -0.4 is 5.32 Å². The van der Waals surface area contributed by atoms with Gasteiger partial charge in [0.05, 0.1) is 5.69 Å². The molecule has 0 amide bonds. The molecule has 4 rings (SSSR count). The number of hydrogen-bond acceptors (Lipinski definition) is 4. The first-order valence-electron chi connectivity index (χ1n) is 8.58. The zero-order chi connectivity index (χ0) is 14.2. The highest BCUT2D eigenvalue weighted by Gasteiger charge is 2.53. The Kier molecular flexibility index (Phi) is 3.71. The fraction of sp³-hybridized carbons (Fsp3) is 0.875. The number of nitrogens with zero attached hydrogens (tertiary/aromatic N) is 3. The lowest BCUT2D eigenvalue weighted by Crippen LogP contribution is -2.38. The van der Waals surface area contributed by atoms with Crippen LogP contribution in [0.25, 0.3) is 0 Å². The average molecular weight is 290 g/mol. The van der Waals surface area contributed by atoms with Crippen molar-refractivity contribution in [3.63, 3.8) is 0 Å². The first kappa shape index (κ1) is 13.7. The molecule has 5 heteroatoms. The van der Waals surface area contributed by atoms with Crippen LogP contribution in [-0.4, -0.2) is 32.7 Å². The van der Waals surface area contributed by atoms with Crippen molar-refractivity contribution in [1.29, 1.82) is 0 Å². The molecule has 0 saturated heterocycles. The summed E-state index contributed by atoms with van der Waals surface area (Å²) in [5.41, 5.74) is 1.03. The van der Waals surface area contributed by atoms with Crippen LogP contribution in [0.3, 0.4) is 0 Å². The van der Waals surface area contributed by atoms with Crippen molar-refractivity contribution in [3.05, 3.63) is 11.9 Å². The Balaban J connectivity index is 1.30. The van der Waals surface area contributed by atoms with Crippen LogP contribution in [0.5, 0.6) is 0 Å². The average Bonchev–Trinajstić information content (AvgIpc) is 3.22. The topological polar surface area (TPSA) is 63.0 Å². The lowest BCUT2D eigenvalue weighted by atomic mass is 9.79. The highest BCUT2D eigenvalue weighted by atomic mass is 16.3. The van der Waals surface area contributed by atoms with E-state index in [-0.39, 0.29) is 6.61 Å². The molecule has 116 valence electrons. The van der Waals surface area contributed by atoms with E-state index in [1.165, 1.54) is 32.1 Å². The Hall–Kier alpha value is -0.940. The van der Waals surface area contributed by atoms with Crippen molar-refractivity contribution in [2.75, 3.05) is 6.61 Å². The summed E-state index contributed by atoms with van der Waals surface area (Å²) in [7, 11) is 0. The smallest absolute Gasteiger partial charge is 0.0964 e. The van der Waals surface area contributed by atoms with E-state index in [9.17, 15) is 0 Å². The SMILES string of the molecule is OCCCn1cc(CNC2CC3CC2C2CCCC32)nn1. The van der Waals surface area contributed by atoms with Gasteiger partial charge in [0, 0.05) is 31.9 Å². The van der Waals surface area contributed by atoms with E-state index in [0.29, 0.717) is 6.04 Å². The Morgan fingerprint density at radius 3 is 3.05 bits per heavy atom. The predicted molar refractivity (Wildman–Crippen MR) is 79.4 cm³/mol. The summed E-state index contributed by atoms with van der Waals surface area (Å²) in [6, 6.07) is 0.706. The van der Waals surface area contributed by atoms with E-state index >= 15 is 0 Å². The lowest BCUT2D eigenvalue weighted by molar-refractivity contribution is 0.207. The minimum atomic E-state index is 0.209. The molecule has 5 unspecified atom stereocenters. The third-order valence-corrected chi connectivity index (χ3v) is 6.11. The molecule has 5 nitrogen and oxygen atoms in total. The van der Waals surface area contributed by atoms with Crippen LogP contribution in [0.2, 0.25) is 0 Å². The molecule has 2 N–H and O–H groups in total. The predicted octanol–water partition coefficient (Wildman–Crippen LogP) is 1.57. The van der Waals surface area contributed by atoms with Crippen LogP contribution in [0, 0.1) is 23.7 Å². The second-order valence-electron chi connectivity index (χ2n) is 7.19. The normalized spacial score (nSPS) is 37.3. The highest BCUT2D eigenvalue weighted by Crippen LogP contribution is 2.58. The number of hydrogen-bond donors (Lipinski definition) is 2. The molecule has 0 spiro atoms. The quantitative estimate of drug-likeness (QED) is 0.835. The van der Waals surface area contributed by atoms with E-state index in [4.69, 9.17) is 5.11 Å². The van der Waals surface area contributed by atoms with Gasteiger partial charge in [0.15, 0.2) is 0 Å². The molecule has 3 saturated carbocycles. The summed E-state index contributed by atoms with van der Waals surface area (Å²) < 4.78 is 1.83. The zero-order valence-corrected chi connectivity index (χ0v) is 12.6. The van der Waals surface area contributed by atoms with E-state index < -0.39 is 0 Å². The van der Waals surface area contributed by atoms with Crippen molar-refractivity contribution < 1.29 is 5.11 Å². The molecule has 3 aliphatic rings. The number of nitrogens with one attached hydrogen (secondary N) is 1. The molecular weight excluding hydrogens is 264 g/mol. The van der Waals surface area contributed by atoms with Crippen LogP contribution in [-0.2, 0) is 13.1 Å². The fourth-order valence-corrected chi connectivity index (χ4v) is 5.30. The Morgan fingerprint density at radius 2 is 2.14 bits per heavy atom. The lowest BCUT2D eigenvalue weighted by Gasteiger charge is -2.32. The van der Waals surface area contributed by atoms with Crippen molar-refractivity contribution in [2.45, 2.75) is 57.7 Å². The standard InChI is InChI=1S/C16H26N4O/c21-6-2-5-20-10-12(18-19-20)9-17-16-8-11-7-15(16)14-4-1-3-13(11)14/h10-11,13-17,21H,1-9H2. The van der Waals surface area contributed by atoms with Crippen molar-refractivity contribution in [1.82, 2.24) is 20.3 Å². The number of rotatable bonds is 6. The Bertz CT molecular complexity index is 488. The molecule has 0 aromatic carbocycles. The molecule has 21 heavy (non-hydrogen) atoms. The molecule has 1 heterocycles. The van der Waals surface area contributed by atoms with E-state index in [0.717, 1.165) is 48.9 Å². The second kappa shape index (κ2) is 5.69. The number of aliphatic hydroxyl groups is 1. The summed E-state index contributed by atoms with van der Waals surface area (Å²) >= 11 is 0. The zero-order valence-electron chi connectivity index (χ0n) is 12.6. The number of aryl methyl sites for hydroxylation is 1. The van der Waals surface area contributed by atoms with Crippen LogP contribution in [0.4, 0.5) is 0 Å². The third kappa shape index (κ3) is 2.50. The molecule has 0 aliphatic heterocycles. The molecule has 5 atom stereocenters. The van der Waals surface area contributed by atoms with Crippen LogP contribution >= 0.6 is 0 Å². The van der Waals surface area contributed by atoms with Gasteiger partial charge in [0.2, 0.25) is 0 Å². The Labute approximate surface area is 126 Å². The van der Waals surface area contributed by atoms with Crippen LogP contribution in [0.1, 0.15) is 44.2 Å². The summed E-state index contributed by atoms with van der Waals surface area (Å²) in [6.07, 6.45) is 10.0. The maximum Gasteiger partial charge on any atom is 0.0964 e. The largest absolute Gasteiger partial charge is 0.396 e. The van der Waals surface area contributed by atoms with Gasteiger partial charge in [-0.15, -0.1) is 5.10 Å². The molecule has 2 bridgehead atoms. The van der Waals surface area contributed by atoms with Crippen LogP contribution in [0.15, 0.2) is 6.20 Å². The first-order valence-corrected chi connectivity index (χ1v) is 8.58. The van der Waals surface area contributed by atoms with Gasteiger partial charge in [-0.3, -0.25) is 4.68 Å². The van der Waals surface area contributed by atoms with Crippen molar-refractivity contribution in [3.8, 4) is 0 Å². The van der Waals surface area contributed by atoms with Gasteiger partial charge in [-0.2, -0.15) is 0 Å². The number of aliphatic hydroxyl groups excluding tert-OH is 1. The van der Waals surface area contributed by atoms with Crippen molar-refractivity contribution in [2.24, 2.45) is 23.7 Å². The fourth-order valence-electron chi connectivity index (χ4n) is 5.30. The van der Waals surface area contributed by atoms with Crippen molar-refractivity contribution >= 4 is 0 Å². The minimum absolute atomic E-state index is 0.209. The number of fused-ring (bicyclic) bond motifs is 5. The van der Waals surface area contributed by atoms with Gasteiger partial charge >= 0.3 is 0 Å². The molecular formula is C16H26N4O. The maximum absolute atomic E-state index is 8.84. The van der Waals surface area contributed by atoms with E-state index in [1.54, 1.807) is 0 Å². The second-order valence-corrected chi connectivity index (χ2v) is 7.19. The summed E-state index contributed by atoms with van der Waals surface area (Å²) in [5.74, 6) is 4.00. The Morgan fingerprint density at radius 1 is 1.24 bits per heavy atom. The third-order valence-electron chi connectivity index (χ3n) is 6.11. The van der Waals surface area contributed by atoms with Gasteiger partial charge < -0.3 is 10.4 Å². The molecule has 0 radical (unpaired) electrons. The molecule has 3 aliphatic carbocycles.